The average molecular weight is 327 g/mol. The van der Waals surface area contributed by atoms with Crippen molar-refractivity contribution in [1.29, 1.82) is 0 Å². The fourth-order valence-electron chi connectivity index (χ4n) is 2.39. The maximum Gasteiger partial charge on any atom is 0.335 e. The van der Waals surface area contributed by atoms with Gasteiger partial charge in [-0.1, -0.05) is 6.07 Å². The first-order chi connectivity index (χ1) is 11.0. The van der Waals surface area contributed by atoms with E-state index < -0.39 is 30.6 Å². The second-order valence-corrected chi connectivity index (χ2v) is 5.27. The molecule has 8 heteroatoms. The zero-order chi connectivity index (χ0) is 17.0. The molecule has 0 bridgehead atoms. The maximum atomic E-state index is 11.1. The van der Waals surface area contributed by atoms with Crippen LogP contribution in [0.4, 0.5) is 5.69 Å². The van der Waals surface area contributed by atoms with Crippen molar-refractivity contribution < 1.29 is 34.3 Å². The number of nitrogens with one attached hydrogen (secondary N) is 1. The second-order valence-electron chi connectivity index (χ2n) is 5.27. The highest BCUT2D eigenvalue weighted by molar-refractivity contribution is 5.73. The van der Waals surface area contributed by atoms with Crippen LogP contribution in [-0.4, -0.2) is 60.0 Å². The molecule has 23 heavy (non-hydrogen) atoms. The number of carbonyl (C=O) groups is 1. The van der Waals surface area contributed by atoms with Crippen LogP contribution < -0.4 is 10.1 Å². The Morgan fingerprint density at radius 1 is 1.39 bits per heavy atom. The van der Waals surface area contributed by atoms with Gasteiger partial charge in [0.2, 0.25) is 6.29 Å². The van der Waals surface area contributed by atoms with Crippen molar-refractivity contribution in [2.45, 2.75) is 37.6 Å². The molecule has 0 amide bonds. The summed E-state index contributed by atoms with van der Waals surface area (Å²) in [7, 11) is 3.30. The number of methoxy groups -OCH3 is 1. The van der Waals surface area contributed by atoms with E-state index in [0.717, 1.165) is 5.56 Å². The monoisotopic (exact) mass is 327 g/mol. The molecule has 1 aliphatic rings. The number of carboxylic acid groups (broad SMARTS) is 1. The third-order valence-electron chi connectivity index (χ3n) is 3.54. The van der Waals surface area contributed by atoms with Crippen LogP contribution in [0, 0.1) is 0 Å². The van der Waals surface area contributed by atoms with Gasteiger partial charge in [0.05, 0.1) is 18.4 Å². The Hall–Kier alpha value is -1.87. The molecule has 0 unspecified atom stereocenters. The van der Waals surface area contributed by atoms with E-state index in [9.17, 15) is 15.0 Å². The Morgan fingerprint density at radius 3 is 2.74 bits per heavy atom. The minimum absolute atomic E-state index is 0.141. The molecule has 8 nitrogen and oxygen atoms in total. The minimum Gasteiger partial charge on any atom is -0.479 e. The van der Waals surface area contributed by atoms with Crippen molar-refractivity contribution in [2.75, 3.05) is 19.5 Å². The van der Waals surface area contributed by atoms with Crippen LogP contribution in [0.15, 0.2) is 18.2 Å². The molecule has 4 atom stereocenters. The molecule has 1 heterocycles. The number of ether oxygens (including phenoxy) is 3. The highest BCUT2D eigenvalue weighted by atomic mass is 16.7. The molecule has 0 aromatic heterocycles. The molecule has 1 aliphatic heterocycles. The van der Waals surface area contributed by atoms with Gasteiger partial charge in [0, 0.05) is 20.6 Å². The van der Waals surface area contributed by atoms with Gasteiger partial charge in [0.25, 0.3) is 0 Å². The van der Waals surface area contributed by atoms with Crippen LogP contribution in [0.25, 0.3) is 0 Å². The van der Waals surface area contributed by atoms with Crippen LogP contribution in [0.2, 0.25) is 0 Å². The van der Waals surface area contributed by atoms with Crippen molar-refractivity contribution in [1.82, 2.24) is 0 Å². The van der Waals surface area contributed by atoms with Crippen LogP contribution in [0.3, 0.4) is 0 Å². The van der Waals surface area contributed by atoms with Gasteiger partial charge in [-0.15, -0.1) is 0 Å². The fourth-order valence-corrected chi connectivity index (χ4v) is 2.39. The Kier molecular flexibility index (Phi) is 5.78. The normalized spacial score (nSPS) is 27.5. The number of hydrogen-bond donors (Lipinski definition) is 4. The lowest BCUT2D eigenvalue weighted by atomic mass is 10.0. The van der Waals surface area contributed by atoms with Crippen molar-refractivity contribution in [3.63, 3.8) is 0 Å². The van der Waals surface area contributed by atoms with Gasteiger partial charge in [-0.05, 0) is 17.7 Å². The van der Waals surface area contributed by atoms with Crippen LogP contribution in [0.5, 0.6) is 5.75 Å². The lowest BCUT2D eigenvalue weighted by molar-refractivity contribution is -0.237. The summed E-state index contributed by atoms with van der Waals surface area (Å²) in [6.45, 7) is 0.435. The van der Waals surface area contributed by atoms with E-state index in [1.54, 1.807) is 26.3 Å². The number of benzene rings is 1. The fraction of sp³-hybridized carbons (Fsp3) is 0.533. The SMILES string of the molecule is CNc1cc(COC)ccc1O[C@@H]1O[C@H](C(=O)O)[C@@H](O)C[C@H]1O. The zero-order valence-electron chi connectivity index (χ0n) is 12.9. The van der Waals surface area contributed by atoms with Crippen molar-refractivity contribution in [3.05, 3.63) is 23.8 Å². The summed E-state index contributed by atoms with van der Waals surface area (Å²) in [4.78, 5) is 11.1. The molecule has 128 valence electrons. The predicted molar refractivity (Wildman–Crippen MR) is 80.3 cm³/mol. The molecular formula is C15H21NO7. The molecular weight excluding hydrogens is 306 g/mol. The molecule has 4 N–H and O–H groups in total. The first kappa shape index (κ1) is 17.5. The molecule has 1 aromatic rings. The number of aliphatic hydroxyl groups excluding tert-OH is 2. The van der Waals surface area contributed by atoms with Gasteiger partial charge in [-0.3, -0.25) is 0 Å². The summed E-state index contributed by atoms with van der Waals surface area (Å²) in [6.07, 6.45) is -5.17. The van der Waals surface area contributed by atoms with Crippen molar-refractivity contribution in [2.24, 2.45) is 0 Å². The van der Waals surface area contributed by atoms with E-state index in [-0.39, 0.29) is 6.42 Å². The summed E-state index contributed by atoms with van der Waals surface area (Å²) in [5, 5.41) is 31.6. The standard InChI is InChI=1S/C15H21NO7/c1-16-9-5-8(7-21-2)3-4-12(9)22-15-11(18)6-10(17)13(23-15)14(19)20/h3-5,10-11,13,15-18H,6-7H2,1-2H3,(H,19,20)/t10-,11+,13-,15+/m0/s1. The highest BCUT2D eigenvalue weighted by Crippen LogP contribution is 2.30. The molecule has 1 fully saturated rings. The predicted octanol–water partition coefficient (Wildman–Crippen LogP) is 0.175. The molecule has 0 aliphatic carbocycles. The summed E-state index contributed by atoms with van der Waals surface area (Å²) in [5.74, 6) is -0.904. The Labute approximate surface area is 133 Å². The summed E-state index contributed by atoms with van der Waals surface area (Å²) in [5.41, 5.74) is 1.57. The first-order valence-corrected chi connectivity index (χ1v) is 7.17. The van der Waals surface area contributed by atoms with Crippen molar-refractivity contribution in [3.8, 4) is 5.75 Å². The summed E-state index contributed by atoms with van der Waals surface area (Å²) >= 11 is 0. The van der Waals surface area contributed by atoms with Crippen molar-refractivity contribution >= 4 is 11.7 Å². The van der Waals surface area contributed by atoms with E-state index in [1.807, 2.05) is 6.07 Å². The average Bonchev–Trinajstić information content (AvgIpc) is 2.51. The second kappa shape index (κ2) is 7.60. The molecule has 0 radical (unpaired) electrons. The molecule has 2 rings (SSSR count). The molecule has 1 aromatic carbocycles. The highest BCUT2D eigenvalue weighted by Gasteiger charge is 2.41. The Bertz CT molecular complexity index is 551. The molecule has 0 saturated carbocycles. The summed E-state index contributed by atoms with van der Waals surface area (Å²) in [6, 6.07) is 5.28. The van der Waals surface area contributed by atoms with E-state index in [2.05, 4.69) is 5.32 Å². The van der Waals surface area contributed by atoms with Crippen LogP contribution in [0.1, 0.15) is 12.0 Å². The topological polar surface area (TPSA) is 117 Å². The third-order valence-corrected chi connectivity index (χ3v) is 3.54. The Balaban J connectivity index is 2.15. The van der Waals surface area contributed by atoms with Gasteiger partial charge < -0.3 is 34.8 Å². The smallest absolute Gasteiger partial charge is 0.335 e. The van der Waals surface area contributed by atoms with Crippen LogP contribution in [-0.2, 0) is 20.9 Å². The van der Waals surface area contributed by atoms with Gasteiger partial charge >= 0.3 is 5.97 Å². The van der Waals surface area contributed by atoms with Crippen LogP contribution >= 0.6 is 0 Å². The number of hydrogen-bond acceptors (Lipinski definition) is 7. The number of rotatable bonds is 6. The van der Waals surface area contributed by atoms with Gasteiger partial charge in [-0.2, -0.15) is 0 Å². The minimum atomic E-state index is -1.44. The zero-order valence-corrected chi connectivity index (χ0v) is 12.9. The first-order valence-electron chi connectivity index (χ1n) is 7.17. The van der Waals surface area contributed by atoms with E-state index in [1.165, 1.54) is 0 Å². The number of anilines is 1. The van der Waals surface area contributed by atoms with E-state index in [4.69, 9.17) is 19.3 Å². The lowest BCUT2D eigenvalue weighted by Crippen LogP contribution is -2.52. The van der Waals surface area contributed by atoms with Gasteiger partial charge in [0.15, 0.2) is 6.10 Å². The quantitative estimate of drug-likeness (QED) is 0.584. The number of aliphatic hydroxyl groups is 2. The maximum absolute atomic E-state index is 11.1. The summed E-state index contributed by atoms with van der Waals surface area (Å²) < 4.78 is 15.8. The number of aliphatic carboxylic acids is 1. The lowest BCUT2D eigenvalue weighted by Gasteiger charge is -2.35. The third kappa shape index (κ3) is 4.11. The number of carboxylic acids is 1. The van der Waals surface area contributed by atoms with Gasteiger partial charge in [0.1, 0.15) is 11.9 Å². The van der Waals surface area contributed by atoms with E-state index in [0.29, 0.717) is 18.0 Å². The molecule has 0 spiro atoms. The Morgan fingerprint density at radius 2 is 2.13 bits per heavy atom. The van der Waals surface area contributed by atoms with E-state index >= 15 is 0 Å². The van der Waals surface area contributed by atoms with Gasteiger partial charge in [-0.25, -0.2) is 4.79 Å². The largest absolute Gasteiger partial charge is 0.479 e. The molecule has 1 saturated heterocycles.